The molecule has 1 rings (SSSR count). The van der Waals surface area contributed by atoms with Gasteiger partial charge in [0.2, 0.25) is 0 Å². The van der Waals surface area contributed by atoms with Crippen molar-refractivity contribution in [2.24, 2.45) is 21.5 Å². The van der Waals surface area contributed by atoms with Gasteiger partial charge in [-0.05, 0) is 0 Å². The molecule has 0 aliphatic heterocycles. The lowest BCUT2D eigenvalue weighted by molar-refractivity contribution is 0.206. The summed E-state index contributed by atoms with van der Waals surface area (Å²) in [7, 11) is 4.02. The highest BCUT2D eigenvalue weighted by Crippen LogP contribution is 2.31. The molecular weight excluding hydrogens is 388 g/mol. The summed E-state index contributed by atoms with van der Waals surface area (Å²) in [6.07, 6.45) is 4.06. The van der Waals surface area contributed by atoms with E-state index in [0.29, 0.717) is 0 Å². The molecule has 0 amide bonds. The first-order valence-electron chi connectivity index (χ1n) is 8.32. The number of allylic oxidation sites excluding steroid dienone is 1. The zero-order valence-electron chi connectivity index (χ0n) is 16.4. The summed E-state index contributed by atoms with van der Waals surface area (Å²) in [5.74, 6) is -1.83. The van der Waals surface area contributed by atoms with Gasteiger partial charge in [0.05, 0.1) is 32.6 Å². The van der Waals surface area contributed by atoms with Crippen LogP contribution < -0.4 is 26.3 Å². The molecular formula is C18H25F2N5O4. The van der Waals surface area contributed by atoms with Gasteiger partial charge in [0.1, 0.15) is 19.1 Å². The number of hydrogen-bond acceptors (Lipinski definition) is 8. The Labute approximate surface area is 167 Å². The van der Waals surface area contributed by atoms with Crippen LogP contribution in [0.4, 0.5) is 8.78 Å². The second kappa shape index (κ2) is 12.2. The van der Waals surface area contributed by atoms with Crippen molar-refractivity contribution in [1.82, 2.24) is 5.32 Å². The minimum absolute atomic E-state index is 0.0567. The van der Waals surface area contributed by atoms with Crippen LogP contribution in [-0.2, 0) is 11.3 Å². The van der Waals surface area contributed by atoms with E-state index in [0.717, 1.165) is 6.07 Å². The standard InChI is InChI=1S/C18H25F2N5O4/c1-23-6-12(7-24-10-25-16(22)4-11(21)8-26)29-9-13-17(19)14(27-2)5-15(28-3)18(13)20/h4-7,24,26H,8-10,21H2,1-3H3,(H2,22,25). The minimum atomic E-state index is -0.892. The summed E-state index contributed by atoms with van der Waals surface area (Å²) < 4.78 is 44.0. The minimum Gasteiger partial charge on any atom is -0.494 e. The van der Waals surface area contributed by atoms with Gasteiger partial charge in [0, 0.05) is 31.1 Å². The van der Waals surface area contributed by atoms with Gasteiger partial charge in [-0.25, -0.2) is 13.8 Å². The maximum atomic E-state index is 14.4. The SMILES string of the molecule is CN=CC(=CNCN=C(N)C=C(N)CO)OCc1c(F)c(OC)cc(OC)c1F. The molecule has 0 aliphatic rings. The molecule has 0 aromatic heterocycles. The van der Waals surface area contributed by atoms with Crippen LogP contribution >= 0.6 is 0 Å². The van der Waals surface area contributed by atoms with Crippen molar-refractivity contribution < 1.29 is 28.1 Å². The van der Waals surface area contributed by atoms with E-state index in [1.165, 1.54) is 39.8 Å². The molecule has 0 bridgehead atoms. The van der Waals surface area contributed by atoms with E-state index in [9.17, 15) is 8.78 Å². The third-order valence-corrected chi connectivity index (χ3v) is 3.42. The average molecular weight is 413 g/mol. The van der Waals surface area contributed by atoms with Gasteiger partial charge in [-0.1, -0.05) is 0 Å². The maximum absolute atomic E-state index is 14.4. The molecule has 29 heavy (non-hydrogen) atoms. The Morgan fingerprint density at radius 1 is 1.21 bits per heavy atom. The fraction of sp³-hybridized carbons (Fsp3) is 0.333. The van der Waals surface area contributed by atoms with E-state index in [1.807, 2.05) is 0 Å². The highest BCUT2D eigenvalue weighted by atomic mass is 19.1. The van der Waals surface area contributed by atoms with E-state index < -0.39 is 18.2 Å². The van der Waals surface area contributed by atoms with Crippen molar-refractivity contribution in [2.75, 3.05) is 34.5 Å². The quantitative estimate of drug-likeness (QED) is 0.182. The molecule has 0 atom stereocenters. The Kier molecular flexibility index (Phi) is 9.96. The number of amidine groups is 1. The highest BCUT2D eigenvalue weighted by molar-refractivity contribution is 5.91. The lowest BCUT2D eigenvalue weighted by atomic mass is 10.1. The summed E-state index contributed by atoms with van der Waals surface area (Å²) in [5.41, 5.74) is 10.8. The van der Waals surface area contributed by atoms with Crippen LogP contribution in [0, 0.1) is 11.6 Å². The van der Waals surface area contributed by atoms with Crippen molar-refractivity contribution >= 4 is 12.1 Å². The first-order valence-corrected chi connectivity index (χ1v) is 8.32. The van der Waals surface area contributed by atoms with Crippen LogP contribution in [0.2, 0.25) is 0 Å². The van der Waals surface area contributed by atoms with Gasteiger partial charge in [-0.3, -0.25) is 4.99 Å². The summed E-state index contributed by atoms with van der Waals surface area (Å²) in [5, 5.41) is 11.6. The van der Waals surface area contributed by atoms with Crippen LogP contribution in [0.15, 0.2) is 39.8 Å². The van der Waals surface area contributed by atoms with Crippen molar-refractivity contribution in [3.05, 3.63) is 47.0 Å². The number of aliphatic hydroxyl groups excluding tert-OH is 1. The molecule has 160 valence electrons. The predicted octanol–water partition coefficient (Wildman–Crippen LogP) is 0.780. The zero-order chi connectivity index (χ0) is 21.8. The first-order chi connectivity index (χ1) is 13.9. The molecule has 0 saturated heterocycles. The second-order valence-corrected chi connectivity index (χ2v) is 5.43. The van der Waals surface area contributed by atoms with Gasteiger partial charge in [-0.2, -0.15) is 0 Å². The van der Waals surface area contributed by atoms with E-state index in [1.54, 1.807) is 0 Å². The van der Waals surface area contributed by atoms with Crippen molar-refractivity contribution in [3.63, 3.8) is 0 Å². The van der Waals surface area contributed by atoms with E-state index in [-0.39, 0.29) is 47.6 Å². The van der Waals surface area contributed by atoms with Crippen molar-refractivity contribution in [2.45, 2.75) is 6.61 Å². The predicted molar refractivity (Wildman–Crippen MR) is 106 cm³/mol. The summed E-state index contributed by atoms with van der Waals surface area (Å²) in [6.45, 7) is -0.718. The van der Waals surface area contributed by atoms with Crippen molar-refractivity contribution in [1.29, 1.82) is 0 Å². The number of aliphatic imine (C=N–C) groups is 2. The lowest BCUT2D eigenvalue weighted by Gasteiger charge is -2.13. The largest absolute Gasteiger partial charge is 0.494 e. The summed E-state index contributed by atoms with van der Waals surface area (Å²) in [6, 6.07) is 1.11. The summed E-state index contributed by atoms with van der Waals surface area (Å²) >= 11 is 0. The van der Waals surface area contributed by atoms with Gasteiger partial charge < -0.3 is 36.1 Å². The van der Waals surface area contributed by atoms with E-state index in [4.69, 9.17) is 30.8 Å². The monoisotopic (exact) mass is 413 g/mol. The number of benzene rings is 1. The van der Waals surface area contributed by atoms with Gasteiger partial charge >= 0.3 is 0 Å². The third kappa shape index (κ3) is 7.30. The number of ether oxygens (including phenoxy) is 3. The number of nitrogens with zero attached hydrogens (tertiary/aromatic N) is 2. The van der Waals surface area contributed by atoms with Crippen LogP contribution in [-0.4, -0.2) is 51.7 Å². The van der Waals surface area contributed by atoms with Crippen LogP contribution in [0.3, 0.4) is 0 Å². The van der Waals surface area contributed by atoms with Crippen LogP contribution in [0.1, 0.15) is 5.56 Å². The summed E-state index contributed by atoms with van der Waals surface area (Å²) in [4.78, 5) is 7.77. The molecule has 6 N–H and O–H groups in total. The first kappa shape index (κ1) is 23.7. The Bertz CT molecular complexity index is 782. The number of hydrogen-bond donors (Lipinski definition) is 4. The molecule has 1 aromatic rings. The lowest BCUT2D eigenvalue weighted by Crippen LogP contribution is -2.17. The Hall–Kier alpha value is -3.34. The third-order valence-electron chi connectivity index (χ3n) is 3.42. The molecule has 0 fully saturated rings. The van der Waals surface area contributed by atoms with Gasteiger partial charge in [0.15, 0.2) is 28.9 Å². The zero-order valence-corrected chi connectivity index (χ0v) is 16.4. The second-order valence-electron chi connectivity index (χ2n) is 5.43. The highest BCUT2D eigenvalue weighted by Gasteiger charge is 2.20. The number of nitrogens with one attached hydrogen (secondary N) is 1. The normalized spacial score (nSPS) is 13.0. The molecule has 0 aliphatic carbocycles. The molecule has 0 saturated carbocycles. The average Bonchev–Trinajstić information content (AvgIpc) is 2.70. The Balaban J connectivity index is 2.88. The topological polar surface area (TPSA) is 137 Å². The van der Waals surface area contributed by atoms with Crippen LogP contribution in [0.5, 0.6) is 11.5 Å². The fourth-order valence-corrected chi connectivity index (χ4v) is 2.03. The fourth-order valence-electron chi connectivity index (χ4n) is 2.03. The smallest absolute Gasteiger partial charge is 0.174 e. The molecule has 0 spiro atoms. The van der Waals surface area contributed by atoms with Gasteiger partial charge in [-0.15, -0.1) is 0 Å². The maximum Gasteiger partial charge on any atom is 0.174 e. The van der Waals surface area contributed by atoms with E-state index in [2.05, 4.69) is 15.3 Å². The van der Waals surface area contributed by atoms with Gasteiger partial charge in [0.25, 0.3) is 0 Å². The molecule has 0 radical (unpaired) electrons. The number of aliphatic hydroxyl groups is 1. The molecule has 0 heterocycles. The number of methoxy groups -OCH3 is 2. The van der Waals surface area contributed by atoms with Crippen LogP contribution in [0.25, 0.3) is 0 Å². The Morgan fingerprint density at radius 2 is 1.83 bits per heavy atom. The molecule has 0 unspecified atom stereocenters. The number of nitrogens with two attached hydrogens (primary N) is 2. The Morgan fingerprint density at radius 3 is 2.34 bits per heavy atom. The number of rotatable bonds is 11. The molecule has 1 aromatic carbocycles. The van der Waals surface area contributed by atoms with Crippen molar-refractivity contribution in [3.8, 4) is 11.5 Å². The number of halogens is 2. The van der Waals surface area contributed by atoms with E-state index >= 15 is 0 Å². The molecule has 9 nitrogen and oxygen atoms in total. The molecule has 11 heteroatoms.